The summed E-state index contributed by atoms with van der Waals surface area (Å²) in [6.07, 6.45) is 0.380. The van der Waals surface area contributed by atoms with Crippen molar-refractivity contribution in [2.75, 3.05) is 5.32 Å². The summed E-state index contributed by atoms with van der Waals surface area (Å²) in [6, 6.07) is 13.6. The average molecular weight is 362 g/mol. The molecule has 0 fully saturated rings. The molecule has 0 saturated carbocycles. The molecule has 1 N–H and O–H groups in total. The van der Waals surface area contributed by atoms with Crippen molar-refractivity contribution in [1.29, 1.82) is 0 Å². The van der Waals surface area contributed by atoms with Crippen molar-refractivity contribution in [1.82, 2.24) is 0 Å². The summed E-state index contributed by atoms with van der Waals surface area (Å²) >= 11 is 3.41. The fourth-order valence-corrected chi connectivity index (χ4v) is 2.57. The molecule has 1 atom stereocenters. The quantitative estimate of drug-likeness (QED) is 0.835. The molecule has 2 aromatic rings. The van der Waals surface area contributed by atoms with Gasteiger partial charge in [0, 0.05) is 10.2 Å². The SMILES string of the molecule is CCc1cccc(OC(C)C(=O)Nc2ccc(Br)cc2C)c1. The smallest absolute Gasteiger partial charge is 0.265 e. The van der Waals surface area contributed by atoms with Crippen LogP contribution in [-0.4, -0.2) is 12.0 Å². The standard InChI is InChI=1S/C18H20BrNO2/c1-4-14-6-5-7-16(11-14)22-13(3)18(21)20-17-9-8-15(19)10-12(17)2/h5-11,13H,4H2,1-3H3,(H,20,21). The maximum atomic E-state index is 12.3. The van der Waals surface area contributed by atoms with Crippen molar-refractivity contribution in [2.24, 2.45) is 0 Å². The molecular weight excluding hydrogens is 342 g/mol. The molecule has 0 aromatic heterocycles. The molecule has 22 heavy (non-hydrogen) atoms. The summed E-state index contributed by atoms with van der Waals surface area (Å²) < 4.78 is 6.72. The third-order valence-electron chi connectivity index (χ3n) is 3.44. The first-order valence-corrected chi connectivity index (χ1v) is 8.11. The normalized spacial score (nSPS) is 11.8. The van der Waals surface area contributed by atoms with Crippen LogP contribution in [0.3, 0.4) is 0 Å². The number of nitrogens with one attached hydrogen (secondary N) is 1. The Labute approximate surface area is 139 Å². The van der Waals surface area contributed by atoms with E-state index >= 15 is 0 Å². The highest BCUT2D eigenvalue weighted by atomic mass is 79.9. The van der Waals surface area contributed by atoms with Crippen molar-refractivity contribution in [3.63, 3.8) is 0 Å². The van der Waals surface area contributed by atoms with Gasteiger partial charge in [-0.25, -0.2) is 0 Å². The van der Waals surface area contributed by atoms with Crippen LogP contribution in [0.1, 0.15) is 25.0 Å². The highest BCUT2D eigenvalue weighted by molar-refractivity contribution is 9.10. The van der Waals surface area contributed by atoms with Gasteiger partial charge in [-0.3, -0.25) is 4.79 Å². The van der Waals surface area contributed by atoms with E-state index in [4.69, 9.17) is 4.74 Å². The number of rotatable bonds is 5. The van der Waals surface area contributed by atoms with Crippen LogP contribution in [0.2, 0.25) is 0 Å². The van der Waals surface area contributed by atoms with Gasteiger partial charge in [-0.1, -0.05) is 35.0 Å². The van der Waals surface area contributed by atoms with E-state index in [0.29, 0.717) is 0 Å². The van der Waals surface area contributed by atoms with E-state index in [1.54, 1.807) is 6.92 Å². The molecule has 0 spiro atoms. The molecule has 0 radical (unpaired) electrons. The van der Waals surface area contributed by atoms with Gasteiger partial charge in [-0.15, -0.1) is 0 Å². The zero-order chi connectivity index (χ0) is 16.1. The van der Waals surface area contributed by atoms with E-state index in [1.807, 2.05) is 49.4 Å². The van der Waals surface area contributed by atoms with Gasteiger partial charge < -0.3 is 10.1 Å². The fourth-order valence-electron chi connectivity index (χ4n) is 2.10. The number of amides is 1. The summed E-state index contributed by atoms with van der Waals surface area (Å²) in [6.45, 7) is 5.80. The molecule has 0 aliphatic rings. The fraction of sp³-hybridized carbons (Fsp3) is 0.278. The molecule has 4 heteroatoms. The van der Waals surface area contributed by atoms with E-state index in [9.17, 15) is 4.79 Å². The lowest BCUT2D eigenvalue weighted by Gasteiger charge is -2.16. The molecule has 0 aliphatic heterocycles. The number of halogens is 1. The number of anilines is 1. The minimum absolute atomic E-state index is 0.160. The maximum Gasteiger partial charge on any atom is 0.265 e. The molecule has 1 unspecified atom stereocenters. The molecule has 0 saturated heterocycles. The van der Waals surface area contributed by atoms with Crippen LogP contribution < -0.4 is 10.1 Å². The molecule has 0 bridgehead atoms. The van der Waals surface area contributed by atoms with Crippen LogP contribution in [0, 0.1) is 6.92 Å². The lowest BCUT2D eigenvalue weighted by molar-refractivity contribution is -0.122. The summed E-state index contributed by atoms with van der Waals surface area (Å²) in [5.74, 6) is 0.557. The highest BCUT2D eigenvalue weighted by Crippen LogP contribution is 2.21. The third kappa shape index (κ3) is 4.34. The predicted octanol–water partition coefficient (Wildman–Crippen LogP) is 4.73. The number of hydrogen-bond donors (Lipinski definition) is 1. The molecule has 0 heterocycles. The average Bonchev–Trinajstić information content (AvgIpc) is 2.50. The van der Waals surface area contributed by atoms with Crippen molar-refractivity contribution >= 4 is 27.5 Å². The van der Waals surface area contributed by atoms with E-state index < -0.39 is 6.10 Å². The Kier molecular flexibility index (Phi) is 5.61. The number of carbonyl (C=O) groups is 1. The van der Waals surface area contributed by atoms with Crippen LogP contribution in [0.15, 0.2) is 46.9 Å². The Morgan fingerprint density at radius 2 is 2.05 bits per heavy atom. The molecule has 2 rings (SSSR count). The third-order valence-corrected chi connectivity index (χ3v) is 3.93. The zero-order valence-corrected chi connectivity index (χ0v) is 14.6. The number of ether oxygens (including phenoxy) is 1. The first kappa shape index (κ1) is 16.6. The molecular formula is C18H20BrNO2. The van der Waals surface area contributed by atoms with Crippen LogP contribution in [0.5, 0.6) is 5.75 Å². The highest BCUT2D eigenvalue weighted by Gasteiger charge is 2.15. The number of benzene rings is 2. The Morgan fingerprint density at radius 1 is 1.27 bits per heavy atom. The van der Waals surface area contributed by atoms with E-state index in [2.05, 4.69) is 28.2 Å². The van der Waals surface area contributed by atoms with Gasteiger partial charge in [0.1, 0.15) is 5.75 Å². The minimum Gasteiger partial charge on any atom is -0.481 e. The molecule has 116 valence electrons. The Morgan fingerprint density at radius 3 is 2.73 bits per heavy atom. The van der Waals surface area contributed by atoms with Gasteiger partial charge in [0.25, 0.3) is 5.91 Å². The summed E-state index contributed by atoms with van der Waals surface area (Å²) in [7, 11) is 0. The monoisotopic (exact) mass is 361 g/mol. The lowest BCUT2D eigenvalue weighted by atomic mass is 10.1. The second kappa shape index (κ2) is 7.45. The largest absolute Gasteiger partial charge is 0.481 e. The van der Waals surface area contributed by atoms with Crippen molar-refractivity contribution < 1.29 is 9.53 Å². The number of aryl methyl sites for hydroxylation is 2. The molecule has 0 aliphatic carbocycles. The molecule has 3 nitrogen and oxygen atoms in total. The van der Waals surface area contributed by atoms with Crippen LogP contribution >= 0.6 is 15.9 Å². The van der Waals surface area contributed by atoms with E-state index in [-0.39, 0.29) is 5.91 Å². The van der Waals surface area contributed by atoms with Gasteiger partial charge in [-0.05, 0) is 61.7 Å². The summed E-state index contributed by atoms with van der Waals surface area (Å²) in [5.41, 5.74) is 2.99. The van der Waals surface area contributed by atoms with Gasteiger partial charge >= 0.3 is 0 Å². The van der Waals surface area contributed by atoms with Crippen LogP contribution in [-0.2, 0) is 11.2 Å². The lowest BCUT2D eigenvalue weighted by Crippen LogP contribution is -2.30. The van der Waals surface area contributed by atoms with Gasteiger partial charge in [-0.2, -0.15) is 0 Å². The van der Waals surface area contributed by atoms with Crippen LogP contribution in [0.4, 0.5) is 5.69 Å². The summed E-state index contributed by atoms with van der Waals surface area (Å²) in [4.78, 5) is 12.3. The first-order chi connectivity index (χ1) is 10.5. The minimum atomic E-state index is -0.560. The van der Waals surface area contributed by atoms with E-state index in [0.717, 1.165) is 27.9 Å². The second-order valence-corrected chi connectivity index (χ2v) is 6.13. The van der Waals surface area contributed by atoms with Crippen molar-refractivity contribution in [3.8, 4) is 5.75 Å². The predicted molar refractivity (Wildman–Crippen MR) is 93.4 cm³/mol. The molecule has 2 aromatic carbocycles. The zero-order valence-electron chi connectivity index (χ0n) is 13.0. The Balaban J connectivity index is 2.02. The second-order valence-electron chi connectivity index (χ2n) is 5.21. The van der Waals surface area contributed by atoms with Gasteiger partial charge in [0.05, 0.1) is 0 Å². The van der Waals surface area contributed by atoms with Crippen molar-refractivity contribution in [2.45, 2.75) is 33.3 Å². The van der Waals surface area contributed by atoms with Crippen molar-refractivity contribution in [3.05, 3.63) is 58.1 Å². The topological polar surface area (TPSA) is 38.3 Å². The van der Waals surface area contributed by atoms with E-state index in [1.165, 1.54) is 5.56 Å². The maximum absolute atomic E-state index is 12.3. The number of hydrogen-bond acceptors (Lipinski definition) is 2. The van der Waals surface area contributed by atoms with Crippen LogP contribution in [0.25, 0.3) is 0 Å². The van der Waals surface area contributed by atoms with Gasteiger partial charge in [0.15, 0.2) is 6.10 Å². The Hall–Kier alpha value is -1.81. The molecule has 1 amide bonds. The number of carbonyl (C=O) groups excluding carboxylic acids is 1. The van der Waals surface area contributed by atoms with Gasteiger partial charge in [0.2, 0.25) is 0 Å². The summed E-state index contributed by atoms with van der Waals surface area (Å²) in [5, 5.41) is 2.90. The first-order valence-electron chi connectivity index (χ1n) is 7.32. The Bertz CT molecular complexity index is 670.